The first-order valence-corrected chi connectivity index (χ1v) is 12.3. The number of fused-ring (bicyclic) bond motifs is 1. The molecule has 0 bridgehead atoms. The zero-order valence-electron chi connectivity index (χ0n) is 18.6. The van der Waals surface area contributed by atoms with Crippen molar-refractivity contribution in [3.63, 3.8) is 0 Å². The van der Waals surface area contributed by atoms with Crippen LogP contribution >= 0.6 is 23.4 Å². The summed E-state index contributed by atoms with van der Waals surface area (Å²) in [6.45, 7) is 2.08. The van der Waals surface area contributed by atoms with E-state index in [2.05, 4.69) is 61.1 Å². The molecule has 3 aromatic heterocycles. The Morgan fingerprint density at radius 2 is 1.69 bits per heavy atom. The zero-order valence-corrected chi connectivity index (χ0v) is 20.2. The van der Waals surface area contributed by atoms with Gasteiger partial charge in [-0.2, -0.15) is 0 Å². The lowest BCUT2D eigenvalue weighted by Gasteiger charge is -2.12. The summed E-state index contributed by atoms with van der Waals surface area (Å²) < 4.78 is 7.97. The van der Waals surface area contributed by atoms with E-state index in [0.717, 1.165) is 38.7 Å². The highest BCUT2D eigenvalue weighted by molar-refractivity contribution is 7.98. The fourth-order valence-corrected chi connectivity index (χ4v) is 5.01. The first-order chi connectivity index (χ1) is 17.2. The molecule has 35 heavy (non-hydrogen) atoms. The highest BCUT2D eigenvalue weighted by Crippen LogP contribution is 2.34. The van der Waals surface area contributed by atoms with Crippen LogP contribution in [-0.2, 0) is 5.75 Å². The van der Waals surface area contributed by atoms with Crippen LogP contribution in [0.3, 0.4) is 0 Å². The van der Waals surface area contributed by atoms with E-state index < -0.39 is 0 Å². The second-order valence-corrected chi connectivity index (χ2v) is 9.30. The zero-order chi connectivity index (χ0) is 23.8. The van der Waals surface area contributed by atoms with Gasteiger partial charge in [0.1, 0.15) is 0 Å². The monoisotopic (exact) mass is 498 g/mol. The number of benzene rings is 3. The smallest absolute Gasteiger partial charge is 0.249 e. The van der Waals surface area contributed by atoms with Crippen LogP contribution in [0, 0.1) is 6.92 Å². The van der Waals surface area contributed by atoms with Crippen LogP contribution < -0.4 is 0 Å². The molecule has 0 aliphatic rings. The van der Waals surface area contributed by atoms with E-state index in [4.69, 9.17) is 16.0 Å². The van der Waals surface area contributed by atoms with Gasteiger partial charge < -0.3 is 9.40 Å². The van der Waals surface area contributed by atoms with Crippen molar-refractivity contribution in [3.05, 3.63) is 95.5 Å². The van der Waals surface area contributed by atoms with Crippen molar-refractivity contribution in [2.45, 2.75) is 17.8 Å². The number of nitrogens with zero attached hydrogens (tertiary/aromatic N) is 5. The number of aryl methyl sites for hydroxylation is 1. The molecule has 0 aliphatic carbocycles. The number of hydrogen-bond acceptors (Lipinski definition) is 6. The van der Waals surface area contributed by atoms with Crippen molar-refractivity contribution in [3.8, 4) is 28.5 Å². The Morgan fingerprint density at radius 1 is 0.886 bits per heavy atom. The fourth-order valence-electron chi connectivity index (χ4n) is 4.01. The molecule has 0 aliphatic heterocycles. The minimum absolute atomic E-state index is 0.394. The van der Waals surface area contributed by atoms with Crippen LogP contribution in [0.4, 0.5) is 0 Å². The maximum Gasteiger partial charge on any atom is 0.249 e. The number of rotatable bonds is 6. The molecular formula is C26H19ClN6OS. The van der Waals surface area contributed by atoms with Crippen molar-refractivity contribution in [1.29, 1.82) is 0 Å². The third kappa shape index (κ3) is 4.00. The average molecular weight is 499 g/mol. The van der Waals surface area contributed by atoms with E-state index in [9.17, 15) is 0 Å². The van der Waals surface area contributed by atoms with Crippen LogP contribution in [0.25, 0.3) is 39.4 Å². The minimum Gasteiger partial charge on any atom is -0.420 e. The SMILES string of the molecule is Cc1ccccc1-n1c(SCc2nnc(-c3ccccc3Cl)o2)nnc1-c1c[nH]c2ccccc12. The van der Waals surface area contributed by atoms with Gasteiger partial charge in [-0.05, 0) is 36.8 Å². The van der Waals surface area contributed by atoms with Crippen LogP contribution in [0.2, 0.25) is 5.02 Å². The van der Waals surface area contributed by atoms with Crippen LogP contribution in [0.15, 0.2) is 88.6 Å². The largest absolute Gasteiger partial charge is 0.420 e. The molecule has 3 aromatic carbocycles. The molecule has 0 fully saturated rings. The fraction of sp³-hybridized carbons (Fsp3) is 0.0769. The van der Waals surface area contributed by atoms with Gasteiger partial charge in [-0.1, -0.05) is 71.9 Å². The lowest BCUT2D eigenvalue weighted by molar-refractivity contribution is 0.528. The van der Waals surface area contributed by atoms with E-state index in [-0.39, 0.29) is 0 Å². The molecule has 9 heteroatoms. The molecule has 1 N–H and O–H groups in total. The van der Waals surface area contributed by atoms with Gasteiger partial charge in [0.15, 0.2) is 11.0 Å². The van der Waals surface area contributed by atoms with Crippen molar-refractivity contribution >= 4 is 34.3 Å². The number of nitrogens with one attached hydrogen (secondary N) is 1. The molecule has 3 heterocycles. The van der Waals surface area contributed by atoms with E-state index in [1.54, 1.807) is 6.07 Å². The molecule has 172 valence electrons. The van der Waals surface area contributed by atoms with Gasteiger partial charge >= 0.3 is 0 Å². The standard InChI is InChI=1S/C26H19ClN6OS/c1-16-8-2-7-13-22(16)33-24(19-14-28-21-12-6-4-9-17(19)21)30-32-26(33)35-15-23-29-31-25(34-23)18-10-3-5-11-20(18)27/h2-14,28H,15H2,1H3. The number of para-hydroxylation sites is 2. The summed E-state index contributed by atoms with van der Waals surface area (Å²) in [6.07, 6.45) is 1.98. The number of thioether (sulfide) groups is 1. The summed E-state index contributed by atoms with van der Waals surface area (Å²) >= 11 is 7.77. The Kier molecular flexibility index (Phi) is 5.60. The maximum atomic E-state index is 6.28. The van der Waals surface area contributed by atoms with Crippen molar-refractivity contribution < 1.29 is 4.42 Å². The quantitative estimate of drug-likeness (QED) is 0.256. The highest BCUT2D eigenvalue weighted by atomic mass is 35.5. The number of halogens is 1. The summed E-state index contributed by atoms with van der Waals surface area (Å²) in [7, 11) is 0. The summed E-state index contributed by atoms with van der Waals surface area (Å²) in [5, 5.41) is 19.9. The van der Waals surface area contributed by atoms with Crippen LogP contribution in [-0.4, -0.2) is 29.9 Å². The Labute approximate surface area is 210 Å². The maximum absolute atomic E-state index is 6.28. The Hall–Kier alpha value is -3.88. The minimum atomic E-state index is 0.394. The van der Waals surface area contributed by atoms with Gasteiger partial charge in [0, 0.05) is 22.7 Å². The highest BCUT2D eigenvalue weighted by Gasteiger charge is 2.21. The third-order valence-electron chi connectivity index (χ3n) is 5.72. The number of aromatic amines is 1. The molecule has 0 spiro atoms. The van der Waals surface area contributed by atoms with Gasteiger partial charge in [0.25, 0.3) is 0 Å². The van der Waals surface area contributed by atoms with Crippen LogP contribution in [0.5, 0.6) is 0 Å². The van der Waals surface area contributed by atoms with Crippen molar-refractivity contribution in [2.75, 3.05) is 0 Å². The molecule has 0 saturated carbocycles. The topological polar surface area (TPSA) is 85.4 Å². The van der Waals surface area contributed by atoms with Gasteiger partial charge in [-0.25, -0.2) is 0 Å². The Morgan fingerprint density at radius 3 is 2.57 bits per heavy atom. The lowest BCUT2D eigenvalue weighted by atomic mass is 10.1. The van der Waals surface area contributed by atoms with Crippen molar-refractivity contribution in [1.82, 2.24) is 29.9 Å². The third-order valence-corrected chi connectivity index (χ3v) is 6.96. The number of aromatic nitrogens is 6. The van der Waals surface area contributed by atoms with E-state index in [0.29, 0.717) is 28.1 Å². The second kappa shape index (κ2) is 9.05. The first kappa shape index (κ1) is 21.6. The van der Waals surface area contributed by atoms with E-state index in [1.807, 2.05) is 48.7 Å². The normalized spacial score (nSPS) is 11.4. The summed E-state index contributed by atoms with van der Waals surface area (Å²) in [6, 6.07) is 23.8. The van der Waals surface area contributed by atoms with Crippen molar-refractivity contribution in [2.24, 2.45) is 0 Å². The first-order valence-electron chi connectivity index (χ1n) is 11.0. The molecule has 0 unspecified atom stereocenters. The van der Waals surface area contributed by atoms with E-state index in [1.165, 1.54) is 11.8 Å². The molecule has 0 saturated heterocycles. The molecule has 6 rings (SSSR count). The molecule has 0 amide bonds. The predicted molar refractivity (Wildman–Crippen MR) is 138 cm³/mol. The second-order valence-electron chi connectivity index (χ2n) is 7.95. The Bertz CT molecular complexity index is 1650. The summed E-state index contributed by atoms with van der Waals surface area (Å²) in [5.41, 5.74) is 4.88. The lowest BCUT2D eigenvalue weighted by Crippen LogP contribution is -2.01. The molecule has 0 atom stereocenters. The number of H-pyrrole nitrogens is 1. The predicted octanol–water partition coefficient (Wildman–Crippen LogP) is 6.72. The van der Waals surface area contributed by atoms with Gasteiger partial charge in [-0.15, -0.1) is 20.4 Å². The Balaban J connectivity index is 1.37. The average Bonchev–Trinajstić information content (AvgIpc) is 3.61. The van der Waals surface area contributed by atoms with Gasteiger partial charge in [0.05, 0.1) is 22.0 Å². The van der Waals surface area contributed by atoms with Gasteiger partial charge in [0.2, 0.25) is 11.8 Å². The summed E-state index contributed by atoms with van der Waals surface area (Å²) in [4.78, 5) is 3.34. The summed E-state index contributed by atoms with van der Waals surface area (Å²) in [5.74, 6) is 2.08. The van der Waals surface area contributed by atoms with Gasteiger partial charge in [-0.3, -0.25) is 4.57 Å². The molecule has 7 nitrogen and oxygen atoms in total. The molecule has 0 radical (unpaired) electrons. The molecule has 6 aromatic rings. The van der Waals surface area contributed by atoms with Crippen LogP contribution in [0.1, 0.15) is 11.5 Å². The molecular weight excluding hydrogens is 480 g/mol. The van der Waals surface area contributed by atoms with E-state index >= 15 is 0 Å². The number of hydrogen-bond donors (Lipinski definition) is 1.